The zero-order valence-electron chi connectivity index (χ0n) is 11.2. The van der Waals surface area contributed by atoms with Crippen LogP contribution in [0.2, 0.25) is 0 Å². The Kier molecular flexibility index (Phi) is 4.59. The maximum Gasteiger partial charge on any atom is 0.0486 e. The summed E-state index contributed by atoms with van der Waals surface area (Å²) in [6.07, 6.45) is 6.49. The molecule has 2 heteroatoms. The Morgan fingerprint density at radius 1 is 1.28 bits per heavy atom. The Morgan fingerprint density at radius 3 is 2.89 bits per heavy atom. The van der Waals surface area contributed by atoms with Gasteiger partial charge in [0.05, 0.1) is 0 Å². The average Bonchev–Trinajstić information content (AvgIpc) is 2.74. The van der Waals surface area contributed by atoms with Gasteiger partial charge in [0.25, 0.3) is 0 Å². The van der Waals surface area contributed by atoms with Gasteiger partial charge in [-0.3, -0.25) is 0 Å². The van der Waals surface area contributed by atoms with Crippen LogP contribution in [0.15, 0.2) is 43.1 Å². The lowest BCUT2D eigenvalue weighted by atomic mass is 10.1. The van der Waals surface area contributed by atoms with Gasteiger partial charge in [0.1, 0.15) is 0 Å². The van der Waals surface area contributed by atoms with Gasteiger partial charge in [0.15, 0.2) is 0 Å². The smallest absolute Gasteiger partial charge is 0.0486 e. The van der Waals surface area contributed by atoms with E-state index in [1.165, 1.54) is 22.9 Å². The molecule has 0 aliphatic heterocycles. The SMILES string of the molecule is C=CCn1cc(CCNCCC)c2ccccc21. The second-order valence-corrected chi connectivity index (χ2v) is 4.61. The van der Waals surface area contributed by atoms with Crippen molar-refractivity contribution in [3.8, 4) is 0 Å². The molecule has 1 aromatic heterocycles. The number of rotatable bonds is 7. The summed E-state index contributed by atoms with van der Waals surface area (Å²) in [7, 11) is 0. The summed E-state index contributed by atoms with van der Waals surface area (Å²) in [6.45, 7) is 9.05. The fourth-order valence-electron chi connectivity index (χ4n) is 2.34. The number of aromatic nitrogens is 1. The number of benzene rings is 1. The van der Waals surface area contributed by atoms with E-state index in [0.717, 1.165) is 26.1 Å². The Labute approximate surface area is 109 Å². The van der Waals surface area contributed by atoms with Gasteiger partial charge >= 0.3 is 0 Å². The molecule has 1 heterocycles. The van der Waals surface area contributed by atoms with Crippen LogP contribution in [0.25, 0.3) is 10.9 Å². The van der Waals surface area contributed by atoms with Crippen molar-refractivity contribution >= 4 is 10.9 Å². The van der Waals surface area contributed by atoms with Crippen molar-refractivity contribution in [3.63, 3.8) is 0 Å². The third kappa shape index (κ3) is 2.82. The molecule has 0 spiro atoms. The highest BCUT2D eigenvalue weighted by Crippen LogP contribution is 2.21. The second-order valence-electron chi connectivity index (χ2n) is 4.61. The molecule has 0 atom stereocenters. The van der Waals surface area contributed by atoms with Crippen LogP contribution in [0.1, 0.15) is 18.9 Å². The van der Waals surface area contributed by atoms with Gasteiger partial charge in [-0.1, -0.05) is 31.2 Å². The molecule has 0 saturated carbocycles. The van der Waals surface area contributed by atoms with Gasteiger partial charge < -0.3 is 9.88 Å². The highest BCUT2D eigenvalue weighted by molar-refractivity contribution is 5.84. The maximum absolute atomic E-state index is 3.83. The van der Waals surface area contributed by atoms with Gasteiger partial charge in [-0.15, -0.1) is 6.58 Å². The lowest BCUT2D eigenvalue weighted by molar-refractivity contribution is 0.671. The average molecular weight is 242 g/mol. The topological polar surface area (TPSA) is 17.0 Å². The van der Waals surface area contributed by atoms with Crippen LogP contribution in [0, 0.1) is 0 Å². The van der Waals surface area contributed by atoms with Crippen molar-refractivity contribution in [2.24, 2.45) is 0 Å². The molecule has 1 N–H and O–H groups in total. The molecule has 1 aromatic carbocycles. The molecule has 0 aliphatic rings. The molecule has 0 unspecified atom stereocenters. The second kappa shape index (κ2) is 6.41. The van der Waals surface area contributed by atoms with E-state index in [2.05, 4.69) is 53.8 Å². The zero-order chi connectivity index (χ0) is 12.8. The van der Waals surface area contributed by atoms with Crippen LogP contribution >= 0.6 is 0 Å². The normalized spacial score (nSPS) is 10.9. The van der Waals surface area contributed by atoms with Crippen molar-refractivity contribution < 1.29 is 0 Å². The summed E-state index contributed by atoms with van der Waals surface area (Å²) < 4.78 is 2.28. The summed E-state index contributed by atoms with van der Waals surface area (Å²) in [6, 6.07) is 8.61. The van der Waals surface area contributed by atoms with Gasteiger partial charge in [0, 0.05) is 23.6 Å². The lowest BCUT2D eigenvalue weighted by Crippen LogP contribution is -2.17. The number of para-hydroxylation sites is 1. The molecule has 0 bridgehead atoms. The van der Waals surface area contributed by atoms with E-state index >= 15 is 0 Å². The van der Waals surface area contributed by atoms with Gasteiger partial charge in [-0.25, -0.2) is 0 Å². The fraction of sp³-hybridized carbons (Fsp3) is 0.375. The number of allylic oxidation sites excluding steroid dienone is 1. The first-order valence-corrected chi connectivity index (χ1v) is 6.75. The van der Waals surface area contributed by atoms with E-state index in [1.54, 1.807) is 0 Å². The Bertz CT molecular complexity index is 511. The van der Waals surface area contributed by atoms with E-state index < -0.39 is 0 Å². The first-order chi connectivity index (χ1) is 8.86. The number of nitrogens with zero attached hydrogens (tertiary/aromatic N) is 1. The largest absolute Gasteiger partial charge is 0.343 e. The summed E-state index contributed by atoms with van der Waals surface area (Å²) in [4.78, 5) is 0. The van der Waals surface area contributed by atoms with Crippen molar-refractivity contribution in [2.75, 3.05) is 13.1 Å². The number of fused-ring (bicyclic) bond motifs is 1. The first-order valence-electron chi connectivity index (χ1n) is 6.75. The molecule has 0 saturated heterocycles. The number of nitrogens with one attached hydrogen (secondary N) is 1. The van der Waals surface area contributed by atoms with E-state index in [9.17, 15) is 0 Å². The molecule has 0 aliphatic carbocycles. The Balaban J connectivity index is 2.18. The van der Waals surface area contributed by atoms with Crippen LogP contribution in [0.3, 0.4) is 0 Å². The van der Waals surface area contributed by atoms with Gasteiger partial charge in [-0.2, -0.15) is 0 Å². The van der Waals surface area contributed by atoms with E-state index in [1.807, 2.05) is 6.08 Å². The van der Waals surface area contributed by atoms with E-state index in [-0.39, 0.29) is 0 Å². The molecular formula is C16H22N2. The minimum absolute atomic E-state index is 0.878. The fourth-order valence-corrected chi connectivity index (χ4v) is 2.34. The molecule has 2 rings (SSSR count). The summed E-state index contributed by atoms with van der Waals surface area (Å²) in [5, 5.41) is 4.83. The minimum atomic E-state index is 0.878. The van der Waals surface area contributed by atoms with Crippen LogP contribution in [-0.2, 0) is 13.0 Å². The summed E-state index contributed by atoms with van der Waals surface area (Å²) >= 11 is 0. The standard InChI is InChI=1S/C16H22N2/c1-3-10-17-11-9-14-13-18(12-4-2)16-8-6-5-7-15(14)16/h4-8,13,17H,2-3,9-12H2,1H3. The third-order valence-electron chi connectivity index (χ3n) is 3.19. The van der Waals surface area contributed by atoms with Crippen LogP contribution in [-0.4, -0.2) is 17.7 Å². The molecule has 2 aromatic rings. The zero-order valence-corrected chi connectivity index (χ0v) is 11.2. The summed E-state index contributed by atoms with van der Waals surface area (Å²) in [5.41, 5.74) is 2.74. The molecule has 0 radical (unpaired) electrons. The molecule has 2 nitrogen and oxygen atoms in total. The quantitative estimate of drug-likeness (QED) is 0.582. The lowest BCUT2D eigenvalue weighted by Gasteiger charge is -2.01. The number of hydrogen-bond acceptors (Lipinski definition) is 1. The van der Waals surface area contributed by atoms with Crippen LogP contribution in [0.5, 0.6) is 0 Å². The predicted molar refractivity (Wildman–Crippen MR) is 79.0 cm³/mol. The minimum Gasteiger partial charge on any atom is -0.343 e. The molecule has 0 amide bonds. The van der Waals surface area contributed by atoms with Crippen LogP contribution in [0.4, 0.5) is 0 Å². The summed E-state index contributed by atoms with van der Waals surface area (Å²) in [5.74, 6) is 0. The first kappa shape index (κ1) is 12.9. The monoisotopic (exact) mass is 242 g/mol. The van der Waals surface area contributed by atoms with Gasteiger partial charge in [-0.05, 0) is 37.6 Å². The number of hydrogen-bond donors (Lipinski definition) is 1. The Hall–Kier alpha value is -1.54. The third-order valence-corrected chi connectivity index (χ3v) is 3.19. The van der Waals surface area contributed by atoms with Crippen molar-refractivity contribution in [3.05, 3.63) is 48.7 Å². The molecular weight excluding hydrogens is 220 g/mol. The van der Waals surface area contributed by atoms with Crippen LogP contribution < -0.4 is 5.32 Å². The van der Waals surface area contributed by atoms with Crippen molar-refractivity contribution in [1.29, 1.82) is 0 Å². The highest BCUT2D eigenvalue weighted by atomic mass is 15.0. The van der Waals surface area contributed by atoms with Crippen molar-refractivity contribution in [1.82, 2.24) is 9.88 Å². The molecule has 96 valence electrons. The molecule has 0 fully saturated rings. The Morgan fingerprint density at radius 2 is 2.11 bits per heavy atom. The highest BCUT2D eigenvalue weighted by Gasteiger charge is 2.06. The van der Waals surface area contributed by atoms with E-state index in [0.29, 0.717) is 0 Å². The maximum atomic E-state index is 3.83. The van der Waals surface area contributed by atoms with Gasteiger partial charge in [0.2, 0.25) is 0 Å². The predicted octanol–water partition coefficient (Wildman–Crippen LogP) is 3.37. The van der Waals surface area contributed by atoms with E-state index in [4.69, 9.17) is 0 Å². The van der Waals surface area contributed by atoms with Crippen molar-refractivity contribution in [2.45, 2.75) is 26.3 Å². The molecule has 18 heavy (non-hydrogen) atoms.